The van der Waals surface area contributed by atoms with E-state index in [1.165, 1.54) is 0 Å². The number of aromatic nitrogens is 2. The van der Waals surface area contributed by atoms with E-state index < -0.39 is 0 Å². The average molecular weight is 281 g/mol. The van der Waals surface area contributed by atoms with Gasteiger partial charge in [0.2, 0.25) is 0 Å². The molecule has 2 N–H and O–H groups in total. The van der Waals surface area contributed by atoms with Crippen molar-refractivity contribution in [1.29, 1.82) is 0 Å². The highest BCUT2D eigenvalue weighted by molar-refractivity contribution is 5.89. The molecule has 4 heteroatoms. The molecular weight excluding hydrogens is 262 g/mol. The average Bonchev–Trinajstić information content (AvgIpc) is 2.88. The number of anilines is 1. The van der Waals surface area contributed by atoms with Gasteiger partial charge in [0.05, 0.1) is 5.56 Å². The zero-order valence-electron chi connectivity index (χ0n) is 12.8. The quantitative estimate of drug-likeness (QED) is 0.776. The highest BCUT2D eigenvalue weighted by atomic mass is 16.3. The first kappa shape index (κ1) is 13.5. The lowest BCUT2D eigenvalue weighted by molar-refractivity contribution is 0.503. The third-order valence-corrected chi connectivity index (χ3v) is 3.95. The van der Waals surface area contributed by atoms with E-state index in [-0.39, 0.29) is 0 Å². The Labute approximate surface area is 124 Å². The van der Waals surface area contributed by atoms with Crippen LogP contribution < -0.4 is 5.73 Å². The van der Waals surface area contributed by atoms with Crippen LogP contribution >= 0.6 is 0 Å². The van der Waals surface area contributed by atoms with Crippen LogP contribution in [0.1, 0.15) is 17.1 Å². The largest absolute Gasteiger partial charge is 0.466 e. The lowest BCUT2D eigenvalue weighted by atomic mass is 9.98. The maximum atomic E-state index is 6.25. The van der Waals surface area contributed by atoms with Gasteiger partial charge in [-0.15, -0.1) is 0 Å². The van der Waals surface area contributed by atoms with E-state index in [0.29, 0.717) is 5.82 Å². The van der Waals surface area contributed by atoms with E-state index in [1.807, 2.05) is 39.1 Å². The van der Waals surface area contributed by atoms with Crippen molar-refractivity contribution in [1.82, 2.24) is 9.78 Å². The summed E-state index contributed by atoms with van der Waals surface area (Å²) in [5.41, 5.74) is 11.3. The minimum absolute atomic E-state index is 0.661. The van der Waals surface area contributed by atoms with Crippen LogP contribution in [-0.2, 0) is 7.05 Å². The van der Waals surface area contributed by atoms with Crippen molar-refractivity contribution in [2.24, 2.45) is 7.05 Å². The summed E-state index contributed by atoms with van der Waals surface area (Å²) in [5, 5.41) is 4.62. The predicted octanol–water partition coefficient (Wildman–Crippen LogP) is 3.85. The molecule has 0 saturated carbocycles. The van der Waals surface area contributed by atoms with Gasteiger partial charge in [0.1, 0.15) is 23.0 Å². The zero-order chi connectivity index (χ0) is 15.1. The van der Waals surface area contributed by atoms with Crippen LogP contribution in [0.15, 0.2) is 34.7 Å². The number of nitrogens with two attached hydrogens (primary N) is 1. The van der Waals surface area contributed by atoms with Crippen molar-refractivity contribution in [3.05, 3.63) is 47.4 Å². The van der Waals surface area contributed by atoms with Crippen LogP contribution in [0.4, 0.5) is 5.82 Å². The smallest absolute Gasteiger partial charge is 0.129 e. The van der Waals surface area contributed by atoms with Crippen molar-refractivity contribution in [3.63, 3.8) is 0 Å². The molecule has 0 radical (unpaired) electrons. The van der Waals surface area contributed by atoms with E-state index in [1.54, 1.807) is 4.68 Å². The van der Waals surface area contributed by atoms with Crippen LogP contribution in [0.3, 0.4) is 0 Å². The highest BCUT2D eigenvalue weighted by Gasteiger charge is 2.23. The second-order valence-corrected chi connectivity index (χ2v) is 5.31. The number of hydrogen-bond donors (Lipinski definition) is 1. The molecule has 0 amide bonds. The maximum absolute atomic E-state index is 6.25. The fourth-order valence-corrected chi connectivity index (χ4v) is 2.74. The fourth-order valence-electron chi connectivity index (χ4n) is 2.74. The summed E-state index contributed by atoms with van der Waals surface area (Å²) in [4.78, 5) is 0. The number of hydrogen-bond acceptors (Lipinski definition) is 3. The summed E-state index contributed by atoms with van der Waals surface area (Å²) in [7, 11) is 1.86. The van der Waals surface area contributed by atoms with Crippen molar-refractivity contribution in [2.75, 3.05) is 5.73 Å². The lowest BCUT2D eigenvalue weighted by Gasteiger charge is -2.04. The number of nitrogens with zero attached hydrogens (tertiary/aromatic N) is 2. The molecule has 0 spiro atoms. The minimum Gasteiger partial charge on any atom is -0.466 e. The van der Waals surface area contributed by atoms with Crippen molar-refractivity contribution < 1.29 is 4.42 Å². The molecule has 0 atom stereocenters. The number of benzene rings is 1. The molecule has 0 aliphatic heterocycles. The van der Waals surface area contributed by atoms with Crippen LogP contribution in [0.2, 0.25) is 0 Å². The fraction of sp³-hybridized carbons (Fsp3) is 0.235. The van der Waals surface area contributed by atoms with Crippen molar-refractivity contribution >= 4 is 5.82 Å². The van der Waals surface area contributed by atoms with E-state index in [4.69, 9.17) is 10.2 Å². The Morgan fingerprint density at radius 3 is 2.24 bits per heavy atom. The second kappa shape index (κ2) is 4.81. The number of nitrogen functional groups attached to an aromatic ring is 1. The number of furan rings is 1. The first-order valence-corrected chi connectivity index (χ1v) is 6.95. The summed E-state index contributed by atoms with van der Waals surface area (Å²) in [6.45, 7) is 6.00. The van der Waals surface area contributed by atoms with Crippen LogP contribution in [0.5, 0.6) is 0 Å². The monoisotopic (exact) mass is 281 g/mol. The van der Waals surface area contributed by atoms with E-state index in [0.717, 1.165) is 39.5 Å². The van der Waals surface area contributed by atoms with Gasteiger partial charge in [0, 0.05) is 12.6 Å². The van der Waals surface area contributed by atoms with Crippen molar-refractivity contribution in [3.8, 4) is 22.4 Å². The molecule has 0 bridgehead atoms. The SMILES string of the molecule is Cc1oc(C)c(-c2nn(C)c(N)c2-c2ccccc2)c1C. The Bertz CT molecular complexity index is 797. The molecule has 3 rings (SSSR count). The van der Waals surface area contributed by atoms with E-state index >= 15 is 0 Å². The molecule has 4 nitrogen and oxygen atoms in total. The van der Waals surface area contributed by atoms with Crippen molar-refractivity contribution in [2.45, 2.75) is 20.8 Å². The Morgan fingerprint density at radius 2 is 1.67 bits per heavy atom. The zero-order valence-corrected chi connectivity index (χ0v) is 12.8. The third kappa shape index (κ3) is 2.03. The first-order valence-electron chi connectivity index (χ1n) is 6.95. The van der Waals surface area contributed by atoms with Crippen LogP contribution in [0, 0.1) is 20.8 Å². The Kier molecular flexibility index (Phi) is 3.09. The maximum Gasteiger partial charge on any atom is 0.129 e. The molecular formula is C17H19N3O. The molecule has 0 aliphatic rings. The summed E-state index contributed by atoms with van der Waals surface area (Å²) in [6.07, 6.45) is 0. The molecule has 2 heterocycles. The second-order valence-electron chi connectivity index (χ2n) is 5.31. The first-order chi connectivity index (χ1) is 10.0. The van der Waals surface area contributed by atoms with Gasteiger partial charge >= 0.3 is 0 Å². The summed E-state index contributed by atoms with van der Waals surface area (Å²) >= 11 is 0. The van der Waals surface area contributed by atoms with Gasteiger partial charge in [0.25, 0.3) is 0 Å². The Hall–Kier alpha value is -2.49. The molecule has 108 valence electrons. The topological polar surface area (TPSA) is 57.0 Å². The Balaban J connectivity index is 2.32. The molecule has 0 saturated heterocycles. The van der Waals surface area contributed by atoms with E-state index in [9.17, 15) is 0 Å². The van der Waals surface area contributed by atoms with Gasteiger partial charge < -0.3 is 10.2 Å². The van der Waals surface area contributed by atoms with Gasteiger partial charge in [-0.2, -0.15) is 5.10 Å². The summed E-state index contributed by atoms with van der Waals surface area (Å²) in [6, 6.07) is 10.1. The van der Waals surface area contributed by atoms with Gasteiger partial charge in [-0.1, -0.05) is 30.3 Å². The third-order valence-electron chi connectivity index (χ3n) is 3.95. The van der Waals surface area contributed by atoms with Gasteiger partial charge in [-0.25, -0.2) is 0 Å². The number of rotatable bonds is 2. The molecule has 21 heavy (non-hydrogen) atoms. The number of aryl methyl sites for hydroxylation is 3. The normalized spacial score (nSPS) is 11.0. The highest BCUT2D eigenvalue weighted by Crippen LogP contribution is 2.40. The van der Waals surface area contributed by atoms with Crippen LogP contribution in [-0.4, -0.2) is 9.78 Å². The minimum atomic E-state index is 0.661. The van der Waals surface area contributed by atoms with Gasteiger partial charge in [-0.3, -0.25) is 4.68 Å². The molecule has 3 aromatic rings. The van der Waals surface area contributed by atoms with Gasteiger partial charge in [-0.05, 0) is 31.9 Å². The molecule has 0 unspecified atom stereocenters. The summed E-state index contributed by atoms with van der Waals surface area (Å²) in [5.74, 6) is 2.46. The Morgan fingerprint density at radius 1 is 1.00 bits per heavy atom. The summed E-state index contributed by atoms with van der Waals surface area (Å²) < 4.78 is 7.47. The van der Waals surface area contributed by atoms with E-state index in [2.05, 4.69) is 24.2 Å². The molecule has 2 aromatic heterocycles. The predicted molar refractivity (Wildman–Crippen MR) is 85.0 cm³/mol. The van der Waals surface area contributed by atoms with Crippen LogP contribution in [0.25, 0.3) is 22.4 Å². The molecule has 0 aliphatic carbocycles. The standard InChI is InChI=1S/C17H19N3O/c1-10-11(2)21-12(3)14(10)16-15(17(18)20(4)19-16)13-8-6-5-7-9-13/h5-9H,18H2,1-4H3. The molecule has 1 aromatic carbocycles. The van der Waals surface area contributed by atoms with Gasteiger partial charge in [0.15, 0.2) is 0 Å². The lowest BCUT2D eigenvalue weighted by Crippen LogP contribution is -1.97. The molecule has 0 fully saturated rings.